The van der Waals surface area contributed by atoms with Gasteiger partial charge in [0.1, 0.15) is 11.6 Å². The molecule has 0 radical (unpaired) electrons. The molecule has 0 aromatic heterocycles. The van der Waals surface area contributed by atoms with Crippen molar-refractivity contribution >= 4 is 0 Å². The maximum atomic E-state index is 13.8. The van der Waals surface area contributed by atoms with Gasteiger partial charge in [-0.2, -0.15) is 13.2 Å². The first-order valence-corrected chi connectivity index (χ1v) is 6.33. The number of halogens is 5. The molecule has 112 valence electrons. The van der Waals surface area contributed by atoms with E-state index in [1.54, 1.807) is 4.90 Å². The predicted molar refractivity (Wildman–Crippen MR) is 64.2 cm³/mol. The van der Waals surface area contributed by atoms with E-state index in [1.165, 1.54) is 0 Å². The van der Waals surface area contributed by atoms with Crippen LogP contribution in [0, 0.1) is 11.6 Å². The molecule has 0 saturated carbocycles. The van der Waals surface area contributed by atoms with Gasteiger partial charge in [-0.15, -0.1) is 0 Å². The van der Waals surface area contributed by atoms with Gasteiger partial charge in [-0.3, -0.25) is 4.90 Å². The average molecular weight is 294 g/mol. The van der Waals surface area contributed by atoms with Gasteiger partial charge in [0.15, 0.2) is 0 Å². The molecule has 1 atom stereocenters. The molecule has 1 fully saturated rings. The Balaban J connectivity index is 2.31. The second-order valence-electron chi connectivity index (χ2n) is 4.79. The van der Waals surface area contributed by atoms with Crippen LogP contribution in [-0.4, -0.2) is 37.3 Å². The van der Waals surface area contributed by atoms with Crippen LogP contribution in [-0.2, 0) is 0 Å². The monoisotopic (exact) mass is 294 g/mol. The maximum absolute atomic E-state index is 13.8. The van der Waals surface area contributed by atoms with Crippen LogP contribution in [0.2, 0.25) is 0 Å². The van der Waals surface area contributed by atoms with E-state index in [2.05, 4.69) is 5.32 Å². The van der Waals surface area contributed by atoms with Crippen molar-refractivity contribution in [2.45, 2.75) is 18.6 Å². The zero-order valence-electron chi connectivity index (χ0n) is 10.7. The van der Waals surface area contributed by atoms with E-state index in [4.69, 9.17) is 0 Å². The molecule has 1 aromatic rings. The molecule has 0 aliphatic carbocycles. The molecule has 1 aliphatic rings. The minimum atomic E-state index is -4.44. The van der Waals surface area contributed by atoms with Crippen LogP contribution in [0.5, 0.6) is 0 Å². The van der Waals surface area contributed by atoms with Gasteiger partial charge < -0.3 is 5.32 Å². The molecule has 0 unspecified atom stereocenters. The second-order valence-corrected chi connectivity index (χ2v) is 4.79. The Hall–Kier alpha value is -1.21. The Morgan fingerprint density at radius 1 is 1.15 bits per heavy atom. The molecule has 0 spiro atoms. The van der Waals surface area contributed by atoms with Gasteiger partial charge in [0.2, 0.25) is 0 Å². The molecule has 0 bridgehead atoms. The molecule has 1 aliphatic heterocycles. The van der Waals surface area contributed by atoms with Crippen LogP contribution < -0.4 is 5.32 Å². The first kappa shape index (κ1) is 15.2. The molecule has 0 amide bonds. The molecule has 2 rings (SSSR count). The van der Waals surface area contributed by atoms with Crippen molar-refractivity contribution < 1.29 is 22.0 Å². The number of nitrogens with one attached hydrogen (secondary N) is 1. The lowest BCUT2D eigenvalue weighted by atomic mass is 10.00. The van der Waals surface area contributed by atoms with Crippen LogP contribution in [0.25, 0.3) is 0 Å². The van der Waals surface area contributed by atoms with Crippen molar-refractivity contribution in [2.75, 3.05) is 26.2 Å². The summed E-state index contributed by atoms with van der Waals surface area (Å²) in [7, 11) is 0. The summed E-state index contributed by atoms with van der Waals surface area (Å²) in [6.45, 7) is 1.81. The van der Waals surface area contributed by atoms with Gasteiger partial charge >= 0.3 is 6.18 Å². The Morgan fingerprint density at radius 3 is 2.40 bits per heavy atom. The van der Waals surface area contributed by atoms with Crippen LogP contribution >= 0.6 is 0 Å². The molecular weight excluding hydrogens is 279 g/mol. The normalized spacial score (nSPS) is 19.1. The highest BCUT2D eigenvalue weighted by Gasteiger charge is 2.37. The number of nitrogens with zero attached hydrogens (tertiary/aromatic N) is 1. The van der Waals surface area contributed by atoms with Gasteiger partial charge in [-0.1, -0.05) is 0 Å². The van der Waals surface area contributed by atoms with E-state index in [-0.39, 0.29) is 5.56 Å². The lowest BCUT2D eigenvalue weighted by molar-refractivity contribution is -0.149. The van der Waals surface area contributed by atoms with E-state index >= 15 is 0 Å². The third kappa shape index (κ3) is 3.89. The molecule has 1 aromatic carbocycles. The van der Waals surface area contributed by atoms with E-state index in [0.29, 0.717) is 26.2 Å². The highest BCUT2D eigenvalue weighted by atomic mass is 19.4. The molecule has 20 heavy (non-hydrogen) atoms. The first-order valence-electron chi connectivity index (χ1n) is 6.33. The Bertz CT molecular complexity index is 455. The van der Waals surface area contributed by atoms with Gasteiger partial charge in [0, 0.05) is 37.8 Å². The number of alkyl halides is 3. The predicted octanol–water partition coefficient (Wildman–Crippen LogP) is 2.86. The minimum absolute atomic E-state index is 0.232. The zero-order chi connectivity index (χ0) is 14.8. The second kappa shape index (κ2) is 6.05. The lowest BCUT2D eigenvalue weighted by Gasteiger charge is -2.35. The van der Waals surface area contributed by atoms with Crippen LogP contribution in [0.15, 0.2) is 18.2 Å². The van der Waals surface area contributed by atoms with Crippen molar-refractivity contribution in [3.63, 3.8) is 0 Å². The largest absolute Gasteiger partial charge is 0.390 e. The lowest BCUT2D eigenvalue weighted by Crippen LogP contribution is -2.46. The summed E-state index contributed by atoms with van der Waals surface area (Å²) >= 11 is 0. The molecule has 1 saturated heterocycles. The number of hydrogen-bond acceptors (Lipinski definition) is 2. The first-order chi connectivity index (χ1) is 9.37. The Labute approximate surface area is 113 Å². The fourth-order valence-corrected chi connectivity index (χ4v) is 2.42. The highest BCUT2D eigenvalue weighted by Crippen LogP contribution is 2.35. The van der Waals surface area contributed by atoms with E-state index < -0.39 is 30.3 Å². The summed E-state index contributed by atoms with van der Waals surface area (Å²) in [5.41, 5.74) is -0.232. The maximum Gasteiger partial charge on any atom is 0.390 e. The van der Waals surface area contributed by atoms with Crippen molar-refractivity contribution in [1.29, 1.82) is 0 Å². The average Bonchev–Trinajstić information content (AvgIpc) is 2.39. The summed E-state index contributed by atoms with van der Waals surface area (Å²) < 4.78 is 65.2. The van der Waals surface area contributed by atoms with Crippen LogP contribution in [0.1, 0.15) is 18.0 Å². The quantitative estimate of drug-likeness (QED) is 0.862. The standard InChI is InChI=1S/C13H15F5N2/c14-9-1-2-11(15)10(7-9)12(8-13(16,17)18)20-5-3-19-4-6-20/h1-2,7,12,19H,3-6,8H2/t12-/m0/s1. The number of rotatable bonds is 3. The topological polar surface area (TPSA) is 15.3 Å². The summed E-state index contributed by atoms with van der Waals surface area (Å²) in [5.74, 6) is -1.54. The number of hydrogen-bond donors (Lipinski definition) is 1. The molecule has 2 nitrogen and oxygen atoms in total. The summed E-state index contributed by atoms with van der Waals surface area (Å²) in [4.78, 5) is 1.54. The minimum Gasteiger partial charge on any atom is -0.314 e. The van der Waals surface area contributed by atoms with Crippen molar-refractivity contribution in [1.82, 2.24) is 10.2 Å². The molecule has 7 heteroatoms. The highest BCUT2D eigenvalue weighted by molar-refractivity contribution is 5.23. The molecule has 1 N–H and O–H groups in total. The van der Waals surface area contributed by atoms with E-state index in [9.17, 15) is 22.0 Å². The summed E-state index contributed by atoms with van der Waals surface area (Å²) in [6.07, 6.45) is -5.62. The third-order valence-corrected chi connectivity index (χ3v) is 3.33. The summed E-state index contributed by atoms with van der Waals surface area (Å²) in [6, 6.07) is 1.44. The smallest absolute Gasteiger partial charge is 0.314 e. The van der Waals surface area contributed by atoms with Crippen molar-refractivity contribution in [2.24, 2.45) is 0 Å². The van der Waals surface area contributed by atoms with E-state index in [0.717, 1.165) is 18.2 Å². The van der Waals surface area contributed by atoms with Gasteiger partial charge in [0.05, 0.1) is 6.42 Å². The SMILES string of the molecule is Fc1ccc(F)c([C@H](CC(F)(F)F)N2CCNCC2)c1. The van der Waals surface area contributed by atoms with Crippen molar-refractivity contribution in [3.8, 4) is 0 Å². The zero-order valence-corrected chi connectivity index (χ0v) is 10.7. The van der Waals surface area contributed by atoms with Crippen LogP contribution in [0.4, 0.5) is 22.0 Å². The molecular formula is C13H15F5N2. The Kier molecular flexibility index (Phi) is 4.59. The summed E-state index contributed by atoms with van der Waals surface area (Å²) in [5, 5.41) is 3.02. The van der Waals surface area contributed by atoms with Gasteiger partial charge in [-0.25, -0.2) is 8.78 Å². The van der Waals surface area contributed by atoms with Crippen molar-refractivity contribution in [3.05, 3.63) is 35.4 Å². The fourth-order valence-electron chi connectivity index (χ4n) is 2.42. The molecule has 1 heterocycles. The third-order valence-electron chi connectivity index (χ3n) is 3.33. The van der Waals surface area contributed by atoms with Gasteiger partial charge in [-0.05, 0) is 18.2 Å². The van der Waals surface area contributed by atoms with E-state index in [1.807, 2.05) is 0 Å². The number of benzene rings is 1. The number of piperazine rings is 1. The van der Waals surface area contributed by atoms with Gasteiger partial charge in [0.25, 0.3) is 0 Å². The van der Waals surface area contributed by atoms with Crippen LogP contribution in [0.3, 0.4) is 0 Å². The Morgan fingerprint density at radius 2 is 1.80 bits per heavy atom. The fraction of sp³-hybridized carbons (Fsp3) is 0.538.